The van der Waals surface area contributed by atoms with Crippen molar-refractivity contribution in [2.24, 2.45) is 0 Å². The van der Waals surface area contributed by atoms with Crippen LogP contribution in [0.4, 0.5) is 0 Å². The Morgan fingerprint density at radius 1 is 1.24 bits per heavy atom. The fourth-order valence-corrected chi connectivity index (χ4v) is 1.40. The molecule has 4 nitrogen and oxygen atoms in total. The molecule has 0 amide bonds. The molecule has 1 rings (SSSR count). The Bertz CT molecular complexity index is 407. The van der Waals surface area contributed by atoms with Crippen LogP contribution in [0.5, 0.6) is 11.5 Å². The number of ether oxygens (including phenoxy) is 2. The molecule has 0 saturated carbocycles. The standard InChI is InChI=1S/C13H17NO3/c1-14-6-4-5-11-12(16-2)7-10(9-15)8-13(11)17-3/h7-8,14-15H,6,9H2,1-3H3. The number of hydrogen-bond acceptors (Lipinski definition) is 4. The molecule has 2 N–H and O–H groups in total. The number of nitrogens with one attached hydrogen (secondary N) is 1. The molecule has 0 aliphatic heterocycles. The van der Waals surface area contributed by atoms with Crippen LogP contribution in [-0.4, -0.2) is 32.9 Å². The minimum Gasteiger partial charge on any atom is -0.495 e. The number of methoxy groups -OCH3 is 2. The minimum absolute atomic E-state index is 0.0586. The van der Waals surface area contributed by atoms with E-state index in [0.29, 0.717) is 23.6 Å². The third kappa shape index (κ3) is 3.38. The van der Waals surface area contributed by atoms with Crippen molar-refractivity contribution in [3.63, 3.8) is 0 Å². The molecule has 0 atom stereocenters. The average Bonchev–Trinajstić information content (AvgIpc) is 2.38. The largest absolute Gasteiger partial charge is 0.495 e. The van der Waals surface area contributed by atoms with Crippen molar-refractivity contribution < 1.29 is 14.6 Å². The highest BCUT2D eigenvalue weighted by molar-refractivity contribution is 5.57. The van der Waals surface area contributed by atoms with Crippen molar-refractivity contribution in [3.8, 4) is 23.3 Å². The molecule has 0 saturated heterocycles. The van der Waals surface area contributed by atoms with E-state index < -0.39 is 0 Å². The van der Waals surface area contributed by atoms with Crippen molar-refractivity contribution in [2.75, 3.05) is 27.8 Å². The lowest BCUT2D eigenvalue weighted by atomic mass is 10.1. The molecule has 17 heavy (non-hydrogen) atoms. The van der Waals surface area contributed by atoms with Crippen LogP contribution in [0, 0.1) is 11.8 Å². The zero-order valence-electron chi connectivity index (χ0n) is 10.3. The van der Waals surface area contributed by atoms with Crippen LogP contribution in [0.15, 0.2) is 12.1 Å². The summed E-state index contributed by atoms with van der Waals surface area (Å²) in [5, 5.41) is 12.1. The zero-order valence-corrected chi connectivity index (χ0v) is 10.3. The quantitative estimate of drug-likeness (QED) is 0.757. The molecular formula is C13H17NO3. The number of aliphatic hydroxyl groups excluding tert-OH is 1. The molecule has 0 fully saturated rings. The fourth-order valence-electron chi connectivity index (χ4n) is 1.40. The highest BCUT2D eigenvalue weighted by Crippen LogP contribution is 2.29. The van der Waals surface area contributed by atoms with Gasteiger partial charge in [-0.25, -0.2) is 0 Å². The third-order valence-electron chi connectivity index (χ3n) is 2.23. The van der Waals surface area contributed by atoms with E-state index in [1.54, 1.807) is 26.4 Å². The van der Waals surface area contributed by atoms with Gasteiger partial charge >= 0.3 is 0 Å². The Morgan fingerprint density at radius 2 is 1.82 bits per heavy atom. The van der Waals surface area contributed by atoms with Crippen molar-refractivity contribution in [3.05, 3.63) is 23.3 Å². The number of aliphatic hydroxyl groups is 1. The summed E-state index contributed by atoms with van der Waals surface area (Å²) in [6.07, 6.45) is 0. The molecule has 0 heterocycles. The second-order valence-electron chi connectivity index (χ2n) is 3.37. The van der Waals surface area contributed by atoms with Gasteiger partial charge in [-0.1, -0.05) is 11.8 Å². The van der Waals surface area contributed by atoms with Crippen LogP contribution < -0.4 is 14.8 Å². The van der Waals surface area contributed by atoms with Gasteiger partial charge in [0.25, 0.3) is 0 Å². The molecule has 4 heteroatoms. The Kier molecular flexibility index (Phi) is 5.34. The Balaban J connectivity index is 3.21. The van der Waals surface area contributed by atoms with Gasteiger partial charge in [0, 0.05) is 0 Å². The summed E-state index contributed by atoms with van der Waals surface area (Å²) in [6, 6.07) is 3.51. The van der Waals surface area contributed by atoms with E-state index in [-0.39, 0.29) is 6.61 Å². The molecule has 0 bridgehead atoms. The molecule has 0 spiro atoms. The maximum Gasteiger partial charge on any atom is 0.138 e. The minimum atomic E-state index is -0.0586. The average molecular weight is 235 g/mol. The first-order valence-electron chi connectivity index (χ1n) is 5.26. The predicted octanol–water partition coefficient (Wildman–Crippen LogP) is 0.767. The fraction of sp³-hybridized carbons (Fsp3) is 0.385. The molecule has 1 aromatic carbocycles. The van der Waals surface area contributed by atoms with Crippen molar-refractivity contribution >= 4 is 0 Å². The molecule has 92 valence electrons. The van der Waals surface area contributed by atoms with E-state index in [2.05, 4.69) is 17.2 Å². The highest BCUT2D eigenvalue weighted by Gasteiger charge is 2.10. The molecule has 0 radical (unpaired) electrons. The highest BCUT2D eigenvalue weighted by atomic mass is 16.5. The van der Waals surface area contributed by atoms with Gasteiger partial charge < -0.3 is 19.9 Å². The van der Waals surface area contributed by atoms with E-state index in [0.717, 1.165) is 5.56 Å². The third-order valence-corrected chi connectivity index (χ3v) is 2.23. The van der Waals surface area contributed by atoms with Crippen molar-refractivity contribution in [2.45, 2.75) is 6.61 Å². The molecule has 0 aromatic heterocycles. The van der Waals surface area contributed by atoms with Gasteiger partial charge in [0.1, 0.15) is 17.1 Å². The summed E-state index contributed by atoms with van der Waals surface area (Å²) in [5.41, 5.74) is 1.43. The van der Waals surface area contributed by atoms with Gasteiger partial charge in [-0.05, 0) is 24.7 Å². The molecule has 0 unspecified atom stereocenters. The van der Waals surface area contributed by atoms with Gasteiger partial charge in [-0.2, -0.15) is 0 Å². The lowest BCUT2D eigenvalue weighted by Crippen LogP contribution is -2.04. The van der Waals surface area contributed by atoms with Crippen LogP contribution in [0.2, 0.25) is 0 Å². The van der Waals surface area contributed by atoms with Gasteiger partial charge in [0.2, 0.25) is 0 Å². The number of rotatable bonds is 4. The van der Waals surface area contributed by atoms with Crippen molar-refractivity contribution in [1.82, 2.24) is 5.32 Å². The predicted molar refractivity (Wildman–Crippen MR) is 66.3 cm³/mol. The SMILES string of the molecule is CNCC#Cc1c(OC)cc(CO)cc1OC. The molecular weight excluding hydrogens is 218 g/mol. The van der Waals surface area contributed by atoms with Gasteiger partial charge in [-0.3, -0.25) is 0 Å². The first-order chi connectivity index (χ1) is 8.26. The second-order valence-corrected chi connectivity index (χ2v) is 3.37. The first-order valence-corrected chi connectivity index (χ1v) is 5.26. The van der Waals surface area contributed by atoms with Crippen LogP contribution >= 0.6 is 0 Å². The van der Waals surface area contributed by atoms with E-state index in [1.807, 2.05) is 7.05 Å². The van der Waals surface area contributed by atoms with Gasteiger partial charge in [0.05, 0.1) is 27.4 Å². The van der Waals surface area contributed by atoms with Gasteiger partial charge in [-0.15, -0.1) is 0 Å². The van der Waals surface area contributed by atoms with E-state index in [9.17, 15) is 0 Å². The monoisotopic (exact) mass is 235 g/mol. The summed E-state index contributed by atoms with van der Waals surface area (Å²) in [7, 11) is 4.97. The van der Waals surface area contributed by atoms with Crippen LogP contribution in [0.1, 0.15) is 11.1 Å². The number of benzene rings is 1. The Morgan fingerprint density at radius 3 is 2.24 bits per heavy atom. The van der Waals surface area contributed by atoms with Crippen LogP contribution in [0.25, 0.3) is 0 Å². The Labute approximate surface area is 102 Å². The summed E-state index contributed by atoms with van der Waals surface area (Å²) >= 11 is 0. The Hall–Kier alpha value is -1.70. The molecule has 0 aliphatic rings. The first kappa shape index (κ1) is 13.4. The van der Waals surface area contributed by atoms with E-state index in [4.69, 9.17) is 14.6 Å². The van der Waals surface area contributed by atoms with E-state index in [1.165, 1.54) is 0 Å². The van der Waals surface area contributed by atoms with E-state index >= 15 is 0 Å². The summed E-state index contributed by atoms with van der Waals surface area (Å²) < 4.78 is 10.5. The summed E-state index contributed by atoms with van der Waals surface area (Å²) in [6.45, 7) is 0.533. The summed E-state index contributed by atoms with van der Waals surface area (Å²) in [4.78, 5) is 0. The van der Waals surface area contributed by atoms with Gasteiger partial charge in [0.15, 0.2) is 0 Å². The normalized spacial score (nSPS) is 9.41. The topological polar surface area (TPSA) is 50.7 Å². The molecule has 1 aromatic rings. The second kappa shape index (κ2) is 6.79. The van der Waals surface area contributed by atoms with Crippen LogP contribution in [0.3, 0.4) is 0 Å². The van der Waals surface area contributed by atoms with Crippen molar-refractivity contribution in [1.29, 1.82) is 0 Å². The maximum absolute atomic E-state index is 9.13. The summed E-state index contributed by atoms with van der Waals surface area (Å²) in [5.74, 6) is 7.16. The zero-order chi connectivity index (χ0) is 12.7. The lowest BCUT2D eigenvalue weighted by Gasteiger charge is -2.10. The van der Waals surface area contributed by atoms with Crippen LogP contribution in [-0.2, 0) is 6.61 Å². The maximum atomic E-state index is 9.13. The lowest BCUT2D eigenvalue weighted by molar-refractivity contribution is 0.280. The number of hydrogen-bond donors (Lipinski definition) is 2. The molecule has 0 aliphatic carbocycles. The smallest absolute Gasteiger partial charge is 0.138 e.